The van der Waals surface area contributed by atoms with E-state index in [1.807, 2.05) is 30.3 Å². The number of hydrogen-bond donors (Lipinski definition) is 0. The molecule has 0 aliphatic rings. The molecular formula is C13H13N3O3. The standard InChI is InChI=1S/C13H13N3O3/c1-18-8-11(13(17)19-2)16-12(14-9-15-16)10-6-4-3-5-7-10/h3-9H,1-2H3/b11-8-. The number of aromatic nitrogens is 3. The van der Waals surface area contributed by atoms with E-state index in [0.29, 0.717) is 5.82 Å². The molecule has 0 bridgehead atoms. The molecule has 6 nitrogen and oxygen atoms in total. The highest BCUT2D eigenvalue weighted by molar-refractivity contribution is 6.09. The number of ether oxygens (including phenoxy) is 2. The van der Waals surface area contributed by atoms with Crippen LogP contribution in [0.25, 0.3) is 17.1 Å². The molecule has 0 unspecified atom stereocenters. The molecule has 1 aromatic carbocycles. The molecule has 19 heavy (non-hydrogen) atoms. The molecule has 1 aromatic heterocycles. The van der Waals surface area contributed by atoms with Gasteiger partial charge < -0.3 is 9.47 Å². The van der Waals surface area contributed by atoms with Crippen molar-refractivity contribution in [2.24, 2.45) is 0 Å². The Bertz CT molecular complexity index is 590. The number of benzene rings is 1. The Morgan fingerprint density at radius 3 is 2.63 bits per heavy atom. The van der Waals surface area contributed by atoms with Crippen molar-refractivity contribution in [1.82, 2.24) is 14.8 Å². The second kappa shape index (κ2) is 5.81. The Balaban J connectivity index is 2.49. The van der Waals surface area contributed by atoms with Crippen LogP contribution in [0, 0.1) is 0 Å². The molecule has 0 fully saturated rings. The first-order valence-electron chi connectivity index (χ1n) is 5.55. The van der Waals surface area contributed by atoms with Gasteiger partial charge in [-0.1, -0.05) is 30.3 Å². The van der Waals surface area contributed by atoms with E-state index in [0.717, 1.165) is 5.56 Å². The van der Waals surface area contributed by atoms with E-state index < -0.39 is 5.97 Å². The SMILES string of the molecule is CO/C=C(/C(=O)OC)n1ncnc1-c1ccccc1. The smallest absolute Gasteiger partial charge is 0.360 e. The predicted molar refractivity (Wildman–Crippen MR) is 68.8 cm³/mol. The lowest BCUT2D eigenvalue weighted by molar-refractivity contribution is -0.134. The van der Waals surface area contributed by atoms with Crippen molar-refractivity contribution >= 4 is 11.7 Å². The van der Waals surface area contributed by atoms with E-state index in [4.69, 9.17) is 9.47 Å². The highest BCUT2D eigenvalue weighted by Crippen LogP contribution is 2.19. The zero-order valence-electron chi connectivity index (χ0n) is 10.6. The molecule has 0 saturated heterocycles. The summed E-state index contributed by atoms with van der Waals surface area (Å²) in [6, 6.07) is 9.42. The maximum atomic E-state index is 11.7. The molecule has 0 aliphatic heterocycles. The Morgan fingerprint density at radius 2 is 2.00 bits per heavy atom. The first-order chi connectivity index (χ1) is 9.27. The number of nitrogens with zero attached hydrogens (tertiary/aromatic N) is 3. The number of methoxy groups -OCH3 is 2. The van der Waals surface area contributed by atoms with Crippen LogP contribution in [0.1, 0.15) is 0 Å². The Morgan fingerprint density at radius 1 is 1.26 bits per heavy atom. The van der Waals surface area contributed by atoms with Gasteiger partial charge in [-0.05, 0) is 0 Å². The minimum Gasteiger partial charge on any atom is -0.502 e. The second-order valence-corrected chi connectivity index (χ2v) is 3.59. The third kappa shape index (κ3) is 2.62. The number of rotatable bonds is 4. The van der Waals surface area contributed by atoms with Gasteiger partial charge in [0.2, 0.25) is 0 Å². The van der Waals surface area contributed by atoms with Crippen LogP contribution in [0.5, 0.6) is 0 Å². The number of esters is 1. The molecule has 0 atom stereocenters. The van der Waals surface area contributed by atoms with Gasteiger partial charge in [-0.2, -0.15) is 5.10 Å². The van der Waals surface area contributed by atoms with Crippen molar-refractivity contribution in [3.8, 4) is 11.4 Å². The monoisotopic (exact) mass is 259 g/mol. The summed E-state index contributed by atoms with van der Waals surface area (Å²) in [4.78, 5) is 15.9. The van der Waals surface area contributed by atoms with Gasteiger partial charge in [-0.25, -0.2) is 14.5 Å². The Hall–Kier alpha value is -2.63. The lowest BCUT2D eigenvalue weighted by Gasteiger charge is -2.08. The van der Waals surface area contributed by atoms with Crippen molar-refractivity contribution in [2.45, 2.75) is 0 Å². The van der Waals surface area contributed by atoms with E-state index >= 15 is 0 Å². The zero-order valence-corrected chi connectivity index (χ0v) is 10.6. The molecule has 0 spiro atoms. The van der Waals surface area contributed by atoms with Gasteiger partial charge in [-0.3, -0.25) is 0 Å². The number of carbonyl (C=O) groups is 1. The Labute approximate surface area is 110 Å². The van der Waals surface area contributed by atoms with E-state index in [-0.39, 0.29) is 5.70 Å². The maximum absolute atomic E-state index is 11.7. The van der Waals surface area contributed by atoms with Crippen LogP contribution in [0.15, 0.2) is 42.9 Å². The van der Waals surface area contributed by atoms with Crippen molar-refractivity contribution in [1.29, 1.82) is 0 Å². The fraction of sp³-hybridized carbons (Fsp3) is 0.154. The normalized spacial score (nSPS) is 11.2. The predicted octanol–water partition coefficient (Wildman–Crippen LogP) is 1.56. The highest BCUT2D eigenvalue weighted by Gasteiger charge is 2.18. The van der Waals surface area contributed by atoms with Gasteiger partial charge in [0.05, 0.1) is 14.2 Å². The highest BCUT2D eigenvalue weighted by atomic mass is 16.5. The van der Waals surface area contributed by atoms with Gasteiger partial charge in [0.25, 0.3) is 0 Å². The molecule has 6 heteroatoms. The number of carbonyl (C=O) groups excluding carboxylic acids is 1. The number of hydrogen-bond acceptors (Lipinski definition) is 5. The van der Waals surface area contributed by atoms with E-state index in [1.165, 1.54) is 31.5 Å². The largest absolute Gasteiger partial charge is 0.502 e. The van der Waals surface area contributed by atoms with Gasteiger partial charge in [-0.15, -0.1) is 0 Å². The van der Waals surface area contributed by atoms with Crippen molar-refractivity contribution in [3.63, 3.8) is 0 Å². The molecule has 0 aliphatic carbocycles. The molecule has 0 saturated carbocycles. The lowest BCUT2D eigenvalue weighted by Crippen LogP contribution is -2.13. The van der Waals surface area contributed by atoms with Gasteiger partial charge >= 0.3 is 5.97 Å². The van der Waals surface area contributed by atoms with E-state index in [2.05, 4.69) is 10.1 Å². The summed E-state index contributed by atoms with van der Waals surface area (Å²) in [6.45, 7) is 0. The molecule has 1 heterocycles. The van der Waals surface area contributed by atoms with Crippen LogP contribution >= 0.6 is 0 Å². The summed E-state index contributed by atoms with van der Waals surface area (Å²) >= 11 is 0. The van der Waals surface area contributed by atoms with Crippen LogP contribution in [-0.4, -0.2) is 35.0 Å². The molecule has 2 rings (SSSR count). The molecule has 2 aromatic rings. The average molecular weight is 259 g/mol. The molecule has 0 radical (unpaired) electrons. The van der Waals surface area contributed by atoms with E-state index in [9.17, 15) is 4.79 Å². The molecule has 0 N–H and O–H groups in total. The van der Waals surface area contributed by atoms with Crippen molar-refractivity contribution < 1.29 is 14.3 Å². The lowest BCUT2D eigenvalue weighted by atomic mass is 10.2. The van der Waals surface area contributed by atoms with Crippen LogP contribution in [0.4, 0.5) is 0 Å². The summed E-state index contributed by atoms with van der Waals surface area (Å²) in [5.74, 6) is -0.0150. The molecular weight excluding hydrogens is 246 g/mol. The quantitative estimate of drug-likeness (QED) is 0.473. The van der Waals surface area contributed by atoms with Gasteiger partial charge in [0.1, 0.15) is 12.6 Å². The second-order valence-electron chi connectivity index (χ2n) is 3.59. The zero-order chi connectivity index (χ0) is 13.7. The van der Waals surface area contributed by atoms with Gasteiger partial charge in [0, 0.05) is 5.56 Å². The third-order valence-corrected chi connectivity index (χ3v) is 2.43. The summed E-state index contributed by atoms with van der Waals surface area (Å²) < 4.78 is 11.0. The fourth-order valence-electron chi connectivity index (χ4n) is 1.60. The van der Waals surface area contributed by atoms with Crippen molar-refractivity contribution in [3.05, 3.63) is 42.9 Å². The van der Waals surface area contributed by atoms with Crippen LogP contribution in [-0.2, 0) is 14.3 Å². The fourth-order valence-corrected chi connectivity index (χ4v) is 1.60. The summed E-state index contributed by atoms with van der Waals surface area (Å²) in [6.07, 6.45) is 2.64. The summed E-state index contributed by atoms with van der Waals surface area (Å²) in [5, 5.41) is 4.04. The van der Waals surface area contributed by atoms with Crippen molar-refractivity contribution in [2.75, 3.05) is 14.2 Å². The minimum absolute atomic E-state index is 0.154. The van der Waals surface area contributed by atoms with E-state index in [1.54, 1.807) is 0 Å². The maximum Gasteiger partial charge on any atom is 0.360 e. The Kier molecular flexibility index (Phi) is 3.92. The first-order valence-corrected chi connectivity index (χ1v) is 5.55. The van der Waals surface area contributed by atoms with Crippen LogP contribution in [0.3, 0.4) is 0 Å². The summed E-state index contributed by atoms with van der Waals surface area (Å²) in [5.41, 5.74) is 0.993. The third-order valence-electron chi connectivity index (χ3n) is 2.43. The summed E-state index contributed by atoms with van der Waals surface area (Å²) in [7, 11) is 2.74. The minimum atomic E-state index is -0.551. The van der Waals surface area contributed by atoms with Gasteiger partial charge in [0.15, 0.2) is 11.5 Å². The average Bonchev–Trinajstić information content (AvgIpc) is 2.94. The molecule has 98 valence electrons. The molecule has 0 amide bonds. The first kappa shape index (κ1) is 12.8. The van der Waals surface area contributed by atoms with Crippen LogP contribution < -0.4 is 0 Å². The van der Waals surface area contributed by atoms with Crippen LogP contribution in [0.2, 0.25) is 0 Å². The topological polar surface area (TPSA) is 66.2 Å².